The van der Waals surface area contributed by atoms with Crippen molar-refractivity contribution in [3.8, 4) is 11.5 Å². The highest BCUT2D eigenvalue weighted by molar-refractivity contribution is 7.89. The van der Waals surface area contributed by atoms with Crippen LogP contribution in [0.4, 0.5) is 0 Å². The van der Waals surface area contributed by atoms with Crippen LogP contribution >= 0.6 is 34.5 Å². The van der Waals surface area contributed by atoms with Gasteiger partial charge in [-0.2, -0.15) is 5.10 Å². The second kappa shape index (κ2) is 11.9. The van der Waals surface area contributed by atoms with Crippen molar-refractivity contribution in [2.24, 2.45) is 5.10 Å². The molecule has 1 heterocycles. The van der Waals surface area contributed by atoms with Crippen molar-refractivity contribution >= 4 is 72.7 Å². The number of nitrogens with one attached hydrogen (secondary N) is 2. The minimum Gasteiger partial charge on any atom is -0.493 e. The Bertz CT molecular complexity index is 1640. The molecule has 0 fully saturated rings. The first-order valence-electron chi connectivity index (χ1n) is 10.8. The molecule has 0 aliphatic heterocycles. The molecule has 196 valence electrons. The summed E-state index contributed by atoms with van der Waals surface area (Å²) in [7, 11) is -2.48. The lowest BCUT2D eigenvalue weighted by Gasteiger charge is -2.09. The number of carbonyl (C=O) groups is 2. The first-order chi connectivity index (χ1) is 18.2. The van der Waals surface area contributed by atoms with Gasteiger partial charge in [-0.15, -0.1) is 11.3 Å². The number of thiophene rings is 1. The summed E-state index contributed by atoms with van der Waals surface area (Å²) >= 11 is 13.4. The molecule has 4 aromatic rings. The van der Waals surface area contributed by atoms with Crippen molar-refractivity contribution in [2.45, 2.75) is 4.90 Å². The number of ether oxygens (including phenoxy) is 2. The molecular formula is C25H19Cl2N3O6S2. The van der Waals surface area contributed by atoms with Crippen molar-refractivity contribution in [2.75, 3.05) is 13.7 Å². The third kappa shape index (κ3) is 6.50. The third-order valence-corrected chi connectivity index (χ3v) is 8.38. The number of rotatable bonds is 9. The summed E-state index contributed by atoms with van der Waals surface area (Å²) < 4.78 is 38.4. The van der Waals surface area contributed by atoms with Crippen molar-refractivity contribution in [1.29, 1.82) is 0 Å². The van der Waals surface area contributed by atoms with Gasteiger partial charge in [-0.3, -0.25) is 4.79 Å². The molecule has 9 nitrogen and oxygen atoms in total. The predicted molar refractivity (Wildman–Crippen MR) is 147 cm³/mol. The van der Waals surface area contributed by atoms with Gasteiger partial charge in [-0.1, -0.05) is 41.4 Å². The number of carbonyl (C=O) groups excluding carboxylic acids is 2. The lowest BCUT2D eigenvalue weighted by atomic mass is 10.2. The Labute approximate surface area is 232 Å². The van der Waals surface area contributed by atoms with Crippen LogP contribution in [0.25, 0.3) is 10.1 Å². The Morgan fingerprint density at radius 1 is 1.03 bits per heavy atom. The van der Waals surface area contributed by atoms with Crippen LogP contribution in [-0.2, 0) is 14.8 Å². The number of amides is 1. The van der Waals surface area contributed by atoms with Crippen LogP contribution in [-0.4, -0.2) is 40.2 Å². The Balaban J connectivity index is 1.36. The molecule has 0 aliphatic carbocycles. The molecule has 13 heteroatoms. The second-order valence-electron chi connectivity index (χ2n) is 7.61. The zero-order chi connectivity index (χ0) is 27.3. The van der Waals surface area contributed by atoms with Gasteiger partial charge >= 0.3 is 5.97 Å². The summed E-state index contributed by atoms with van der Waals surface area (Å²) in [6.45, 7) is -0.527. The summed E-state index contributed by atoms with van der Waals surface area (Å²) in [5.41, 5.74) is 2.75. The van der Waals surface area contributed by atoms with Gasteiger partial charge in [-0.25, -0.2) is 23.4 Å². The van der Waals surface area contributed by atoms with Crippen LogP contribution in [0.2, 0.25) is 10.0 Å². The van der Waals surface area contributed by atoms with E-state index in [4.69, 9.17) is 32.7 Å². The van der Waals surface area contributed by atoms with Gasteiger partial charge in [0.1, 0.15) is 4.88 Å². The molecule has 1 amide bonds. The van der Waals surface area contributed by atoms with Crippen LogP contribution in [0.15, 0.2) is 76.7 Å². The molecule has 0 unspecified atom stereocenters. The number of halogens is 2. The SMILES string of the molecule is COc1cc(/C=N\NC(=O)CNS(=O)(=O)c2ccc(Cl)cc2)ccc1OC(=O)c1sc2ccccc2c1Cl. The fourth-order valence-corrected chi connectivity index (χ4v) is 5.71. The predicted octanol–water partition coefficient (Wildman–Crippen LogP) is 4.86. The van der Waals surface area contributed by atoms with Crippen LogP contribution in [0.5, 0.6) is 11.5 Å². The van der Waals surface area contributed by atoms with Crippen LogP contribution < -0.4 is 19.6 Å². The zero-order valence-corrected chi connectivity index (χ0v) is 22.7. The number of sulfonamides is 1. The molecule has 0 saturated heterocycles. The van der Waals surface area contributed by atoms with Gasteiger partial charge in [-0.05, 0) is 54.1 Å². The maximum atomic E-state index is 12.8. The zero-order valence-electron chi connectivity index (χ0n) is 19.6. The smallest absolute Gasteiger partial charge is 0.355 e. The molecule has 1 aromatic heterocycles. The number of esters is 1. The van der Waals surface area contributed by atoms with Crippen molar-refractivity contribution in [1.82, 2.24) is 10.1 Å². The van der Waals surface area contributed by atoms with E-state index in [0.29, 0.717) is 15.6 Å². The van der Waals surface area contributed by atoms with E-state index < -0.39 is 28.4 Å². The quantitative estimate of drug-likeness (QED) is 0.124. The molecule has 0 saturated carbocycles. The monoisotopic (exact) mass is 591 g/mol. The fourth-order valence-electron chi connectivity index (χ4n) is 3.22. The molecule has 0 radical (unpaired) electrons. The summed E-state index contributed by atoms with van der Waals surface area (Å²) in [5.74, 6) is -0.883. The highest BCUT2D eigenvalue weighted by Crippen LogP contribution is 2.37. The molecule has 0 atom stereocenters. The van der Waals surface area contributed by atoms with Gasteiger partial charge in [0.05, 0.1) is 29.8 Å². The van der Waals surface area contributed by atoms with Crippen molar-refractivity contribution in [3.63, 3.8) is 0 Å². The van der Waals surface area contributed by atoms with E-state index in [1.54, 1.807) is 12.1 Å². The number of fused-ring (bicyclic) bond motifs is 1. The van der Waals surface area contributed by atoms with Crippen LogP contribution in [0, 0.1) is 0 Å². The lowest BCUT2D eigenvalue weighted by Crippen LogP contribution is -2.34. The molecular weight excluding hydrogens is 573 g/mol. The normalized spacial score (nSPS) is 11.6. The van der Waals surface area contributed by atoms with Gasteiger partial charge in [0.2, 0.25) is 10.0 Å². The van der Waals surface area contributed by atoms with Gasteiger partial charge in [0, 0.05) is 15.1 Å². The number of hydrogen-bond donors (Lipinski definition) is 2. The minimum atomic E-state index is -3.89. The van der Waals surface area contributed by atoms with E-state index in [0.717, 1.165) is 10.1 Å². The van der Waals surface area contributed by atoms with E-state index in [1.807, 2.05) is 24.3 Å². The van der Waals surface area contributed by atoms with Crippen molar-refractivity contribution in [3.05, 3.63) is 87.2 Å². The summed E-state index contributed by atoms with van der Waals surface area (Å²) in [6.07, 6.45) is 1.32. The summed E-state index contributed by atoms with van der Waals surface area (Å²) in [4.78, 5) is 25.0. The average Bonchev–Trinajstić information content (AvgIpc) is 3.25. The maximum Gasteiger partial charge on any atom is 0.355 e. The molecule has 3 aromatic carbocycles. The number of benzene rings is 3. The number of hydrazone groups is 1. The number of hydrogen-bond acceptors (Lipinski definition) is 8. The topological polar surface area (TPSA) is 123 Å². The number of methoxy groups -OCH3 is 1. The highest BCUT2D eigenvalue weighted by atomic mass is 35.5. The van der Waals surface area contributed by atoms with Gasteiger partial charge in [0.25, 0.3) is 5.91 Å². The van der Waals surface area contributed by atoms with E-state index in [2.05, 4.69) is 15.2 Å². The Hall–Kier alpha value is -3.48. The molecule has 2 N–H and O–H groups in total. The van der Waals surface area contributed by atoms with Crippen molar-refractivity contribution < 1.29 is 27.5 Å². The first kappa shape index (κ1) is 27.6. The van der Waals surface area contributed by atoms with E-state index in [1.165, 1.54) is 55.0 Å². The molecule has 0 spiro atoms. The van der Waals surface area contributed by atoms with Crippen LogP contribution in [0.3, 0.4) is 0 Å². The van der Waals surface area contributed by atoms with Gasteiger partial charge in [0.15, 0.2) is 11.5 Å². The third-order valence-electron chi connectivity index (χ3n) is 5.06. The molecule has 0 aliphatic rings. The fraction of sp³-hybridized carbons (Fsp3) is 0.0800. The standard InChI is InChI=1S/C25H19Cl2N3O6S2/c1-35-20-12-15(13-28-30-22(31)14-29-38(33,34)17-9-7-16(26)8-10-17)6-11-19(20)36-25(32)24-23(27)18-4-2-3-5-21(18)37-24/h2-13,29H,14H2,1H3,(H,30,31)/b28-13-. The lowest BCUT2D eigenvalue weighted by molar-refractivity contribution is -0.119. The van der Waals surface area contributed by atoms with Gasteiger partial charge < -0.3 is 9.47 Å². The van der Waals surface area contributed by atoms with Crippen LogP contribution in [0.1, 0.15) is 15.2 Å². The highest BCUT2D eigenvalue weighted by Gasteiger charge is 2.20. The molecule has 38 heavy (non-hydrogen) atoms. The first-order valence-corrected chi connectivity index (χ1v) is 13.9. The molecule has 4 rings (SSSR count). The van der Waals surface area contributed by atoms with E-state index in [-0.39, 0.29) is 21.3 Å². The van der Waals surface area contributed by atoms with E-state index >= 15 is 0 Å². The summed E-state index contributed by atoms with van der Waals surface area (Å²) in [6, 6.07) is 17.6. The average molecular weight is 592 g/mol. The maximum absolute atomic E-state index is 12.8. The number of nitrogens with zero attached hydrogens (tertiary/aromatic N) is 1. The summed E-state index contributed by atoms with van der Waals surface area (Å²) in [5, 5.41) is 5.30. The Morgan fingerprint density at radius 3 is 2.47 bits per heavy atom. The Kier molecular flexibility index (Phi) is 8.65. The second-order valence-corrected chi connectivity index (χ2v) is 11.2. The molecule has 0 bridgehead atoms. The van der Waals surface area contributed by atoms with E-state index in [9.17, 15) is 18.0 Å². The Morgan fingerprint density at radius 2 is 1.76 bits per heavy atom. The largest absolute Gasteiger partial charge is 0.493 e. The minimum absolute atomic E-state index is 0.0271.